The lowest BCUT2D eigenvalue weighted by Crippen LogP contribution is -2.25. The molecule has 82 valence electrons. The van der Waals surface area contributed by atoms with Crippen LogP contribution in [0, 0.1) is 11.6 Å². The average Bonchev–Trinajstić information content (AvgIpc) is 2.21. The zero-order valence-electron chi connectivity index (χ0n) is 8.22. The lowest BCUT2D eigenvalue weighted by molar-refractivity contribution is 0.171. The molecule has 0 heterocycles. The highest BCUT2D eigenvalue weighted by Crippen LogP contribution is 2.09. The SMILES string of the molecule is COC(=O)NCCc1ccc(F)cc1F. The number of benzene rings is 1. The highest BCUT2D eigenvalue weighted by atomic mass is 19.1. The van der Waals surface area contributed by atoms with E-state index in [1.807, 2.05) is 0 Å². The number of nitrogens with one attached hydrogen (secondary N) is 1. The molecule has 0 atom stereocenters. The van der Waals surface area contributed by atoms with Crippen LogP contribution in [-0.2, 0) is 11.2 Å². The summed E-state index contributed by atoms with van der Waals surface area (Å²) in [4.78, 5) is 10.7. The fourth-order valence-electron chi connectivity index (χ4n) is 1.10. The second kappa shape index (κ2) is 5.29. The molecule has 0 radical (unpaired) electrons. The number of halogens is 2. The van der Waals surface area contributed by atoms with Crippen molar-refractivity contribution < 1.29 is 18.3 Å². The summed E-state index contributed by atoms with van der Waals surface area (Å²) in [5.41, 5.74) is 0.354. The Bertz CT molecular complexity index is 355. The predicted molar refractivity (Wildman–Crippen MR) is 50.5 cm³/mol. The minimum absolute atomic E-state index is 0.245. The van der Waals surface area contributed by atoms with Gasteiger partial charge in [0, 0.05) is 12.6 Å². The first kappa shape index (κ1) is 11.4. The topological polar surface area (TPSA) is 38.3 Å². The first-order valence-corrected chi connectivity index (χ1v) is 4.39. The van der Waals surface area contributed by atoms with Crippen molar-refractivity contribution >= 4 is 6.09 Å². The van der Waals surface area contributed by atoms with E-state index in [1.165, 1.54) is 19.2 Å². The fraction of sp³-hybridized carbons (Fsp3) is 0.300. The number of hydrogen-bond acceptors (Lipinski definition) is 2. The zero-order chi connectivity index (χ0) is 11.3. The summed E-state index contributed by atoms with van der Waals surface area (Å²) in [5, 5.41) is 2.40. The van der Waals surface area contributed by atoms with Gasteiger partial charge in [-0.3, -0.25) is 0 Å². The summed E-state index contributed by atoms with van der Waals surface area (Å²) in [6.07, 6.45) is -0.279. The zero-order valence-corrected chi connectivity index (χ0v) is 8.22. The molecule has 0 aliphatic heterocycles. The van der Waals surface area contributed by atoms with Gasteiger partial charge in [0.15, 0.2) is 0 Å². The first-order chi connectivity index (χ1) is 7.13. The molecular formula is C10H11F2NO2. The van der Waals surface area contributed by atoms with Gasteiger partial charge in [-0.25, -0.2) is 13.6 Å². The minimum atomic E-state index is -0.614. The maximum atomic E-state index is 13.1. The lowest BCUT2D eigenvalue weighted by atomic mass is 10.1. The smallest absolute Gasteiger partial charge is 0.406 e. The maximum absolute atomic E-state index is 13.1. The third kappa shape index (κ3) is 3.53. The van der Waals surface area contributed by atoms with E-state index in [0.717, 1.165) is 6.07 Å². The summed E-state index contributed by atoms with van der Waals surface area (Å²) < 4.78 is 29.9. The van der Waals surface area contributed by atoms with Crippen LogP contribution in [0.3, 0.4) is 0 Å². The largest absolute Gasteiger partial charge is 0.453 e. The number of carbonyl (C=O) groups is 1. The van der Waals surface area contributed by atoms with Crippen molar-refractivity contribution in [3.8, 4) is 0 Å². The second-order valence-electron chi connectivity index (χ2n) is 2.90. The molecule has 0 bridgehead atoms. The van der Waals surface area contributed by atoms with E-state index in [2.05, 4.69) is 10.1 Å². The number of rotatable bonds is 3. The van der Waals surface area contributed by atoms with E-state index in [4.69, 9.17) is 0 Å². The molecule has 0 unspecified atom stereocenters. The second-order valence-corrected chi connectivity index (χ2v) is 2.90. The van der Waals surface area contributed by atoms with Crippen LogP contribution < -0.4 is 5.32 Å². The van der Waals surface area contributed by atoms with Crippen LogP contribution in [-0.4, -0.2) is 19.7 Å². The molecule has 0 saturated carbocycles. The maximum Gasteiger partial charge on any atom is 0.406 e. The Labute approximate surface area is 86.0 Å². The molecule has 0 aliphatic carbocycles. The Morgan fingerprint density at radius 2 is 2.20 bits per heavy atom. The Kier molecular flexibility index (Phi) is 4.03. The molecule has 0 saturated heterocycles. The van der Waals surface area contributed by atoms with Crippen molar-refractivity contribution in [3.63, 3.8) is 0 Å². The van der Waals surface area contributed by atoms with Crippen LogP contribution in [0.15, 0.2) is 18.2 Å². The molecule has 0 aromatic heterocycles. The van der Waals surface area contributed by atoms with Crippen molar-refractivity contribution in [2.45, 2.75) is 6.42 Å². The third-order valence-corrected chi connectivity index (χ3v) is 1.86. The van der Waals surface area contributed by atoms with E-state index < -0.39 is 17.7 Å². The van der Waals surface area contributed by atoms with Crippen LogP contribution in [0.1, 0.15) is 5.56 Å². The Morgan fingerprint density at radius 1 is 1.47 bits per heavy atom. The summed E-state index contributed by atoms with van der Waals surface area (Å²) in [5.74, 6) is -1.22. The quantitative estimate of drug-likeness (QED) is 0.835. The molecular weight excluding hydrogens is 204 g/mol. The third-order valence-electron chi connectivity index (χ3n) is 1.86. The van der Waals surface area contributed by atoms with Gasteiger partial charge >= 0.3 is 6.09 Å². The molecule has 1 amide bonds. The molecule has 0 fully saturated rings. The number of hydrogen-bond donors (Lipinski definition) is 1. The van der Waals surface area contributed by atoms with Gasteiger partial charge in [-0.1, -0.05) is 6.07 Å². The molecule has 0 spiro atoms. The van der Waals surface area contributed by atoms with E-state index >= 15 is 0 Å². The lowest BCUT2D eigenvalue weighted by Gasteiger charge is -2.04. The molecule has 1 N–H and O–H groups in total. The highest BCUT2D eigenvalue weighted by Gasteiger charge is 2.04. The van der Waals surface area contributed by atoms with Gasteiger partial charge in [0.05, 0.1) is 7.11 Å². The van der Waals surface area contributed by atoms with Gasteiger partial charge in [0.25, 0.3) is 0 Å². The van der Waals surface area contributed by atoms with Crippen molar-refractivity contribution in [2.75, 3.05) is 13.7 Å². The molecule has 0 aliphatic rings. The van der Waals surface area contributed by atoms with Crippen LogP contribution in [0.5, 0.6) is 0 Å². The Morgan fingerprint density at radius 3 is 2.80 bits per heavy atom. The first-order valence-electron chi connectivity index (χ1n) is 4.39. The average molecular weight is 215 g/mol. The minimum Gasteiger partial charge on any atom is -0.453 e. The van der Waals surface area contributed by atoms with Crippen molar-refractivity contribution in [2.24, 2.45) is 0 Å². The van der Waals surface area contributed by atoms with Gasteiger partial charge < -0.3 is 10.1 Å². The monoisotopic (exact) mass is 215 g/mol. The van der Waals surface area contributed by atoms with E-state index in [0.29, 0.717) is 12.0 Å². The number of methoxy groups -OCH3 is 1. The molecule has 5 heteroatoms. The Hall–Kier alpha value is -1.65. The predicted octanol–water partition coefficient (Wildman–Crippen LogP) is 1.86. The molecule has 3 nitrogen and oxygen atoms in total. The normalized spacial score (nSPS) is 9.80. The van der Waals surface area contributed by atoms with Gasteiger partial charge in [-0.2, -0.15) is 0 Å². The highest BCUT2D eigenvalue weighted by molar-refractivity contribution is 5.66. The summed E-state index contributed by atoms with van der Waals surface area (Å²) in [6.45, 7) is 0.245. The van der Waals surface area contributed by atoms with Crippen LogP contribution >= 0.6 is 0 Å². The molecule has 1 rings (SSSR count). The van der Waals surface area contributed by atoms with Gasteiger partial charge in [0.1, 0.15) is 11.6 Å². The van der Waals surface area contributed by atoms with E-state index in [-0.39, 0.29) is 6.54 Å². The van der Waals surface area contributed by atoms with Gasteiger partial charge in [-0.15, -0.1) is 0 Å². The van der Waals surface area contributed by atoms with Crippen molar-refractivity contribution in [3.05, 3.63) is 35.4 Å². The molecule has 15 heavy (non-hydrogen) atoms. The van der Waals surface area contributed by atoms with Crippen molar-refractivity contribution in [1.29, 1.82) is 0 Å². The van der Waals surface area contributed by atoms with Gasteiger partial charge in [0.2, 0.25) is 0 Å². The Balaban J connectivity index is 2.47. The fourth-order valence-corrected chi connectivity index (χ4v) is 1.10. The number of carbonyl (C=O) groups excluding carboxylic acids is 1. The van der Waals surface area contributed by atoms with Crippen LogP contribution in [0.2, 0.25) is 0 Å². The number of alkyl carbamates (subject to hydrolysis) is 1. The van der Waals surface area contributed by atoms with E-state index in [9.17, 15) is 13.6 Å². The standard InChI is InChI=1S/C10H11F2NO2/c1-15-10(14)13-5-4-7-2-3-8(11)6-9(7)12/h2-3,6H,4-5H2,1H3,(H,13,14). The molecule has 1 aromatic carbocycles. The summed E-state index contributed by atoms with van der Waals surface area (Å²) in [7, 11) is 1.24. The van der Waals surface area contributed by atoms with Crippen molar-refractivity contribution in [1.82, 2.24) is 5.32 Å². The molecule has 1 aromatic rings. The van der Waals surface area contributed by atoms with E-state index in [1.54, 1.807) is 0 Å². The van der Waals surface area contributed by atoms with Crippen LogP contribution in [0.25, 0.3) is 0 Å². The van der Waals surface area contributed by atoms with Crippen LogP contribution in [0.4, 0.5) is 13.6 Å². The number of amides is 1. The van der Waals surface area contributed by atoms with Gasteiger partial charge in [-0.05, 0) is 18.1 Å². The number of ether oxygens (including phenoxy) is 1. The summed E-state index contributed by atoms with van der Waals surface area (Å²) >= 11 is 0. The summed E-state index contributed by atoms with van der Waals surface area (Å²) in [6, 6.07) is 3.34.